The van der Waals surface area contributed by atoms with Crippen molar-refractivity contribution in [2.45, 2.75) is 6.54 Å². The minimum Gasteiger partial charge on any atom is -0.366 e. The fraction of sp³-hybridized carbons (Fsp3) is 0.0625. The molecule has 3 aromatic rings. The Morgan fingerprint density at radius 1 is 1.09 bits per heavy atom. The van der Waals surface area contributed by atoms with E-state index in [1.807, 2.05) is 36.4 Å². The van der Waals surface area contributed by atoms with Crippen molar-refractivity contribution in [1.82, 2.24) is 10.2 Å². The number of anilines is 1. The standard InChI is InChI=1S/C16H13BrN4OS/c17-13-7-5-12(6-8-13)15-20-21-16(23-15)19-9-10-1-3-11(4-2-10)14(18)22/h1-8H,9H2,(H2,18,22)(H,19,21). The van der Waals surface area contributed by atoms with Gasteiger partial charge in [0.1, 0.15) is 5.01 Å². The number of primary amides is 1. The van der Waals surface area contributed by atoms with E-state index in [2.05, 4.69) is 31.4 Å². The molecule has 23 heavy (non-hydrogen) atoms. The average Bonchev–Trinajstić information content (AvgIpc) is 3.03. The predicted molar refractivity (Wildman–Crippen MR) is 95.3 cm³/mol. The van der Waals surface area contributed by atoms with Crippen molar-refractivity contribution in [3.05, 3.63) is 64.1 Å². The second-order valence-electron chi connectivity index (χ2n) is 4.83. The molecular formula is C16H13BrN4OS. The maximum absolute atomic E-state index is 11.0. The number of hydrogen-bond acceptors (Lipinski definition) is 5. The van der Waals surface area contributed by atoms with Gasteiger partial charge in [-0.2, -0.15) is 0 Å². The molecule has 5 nitrogen and oxygen atoms in total. The number of hydrogen-bond donors (Lipinski definition) is 2. The van der Waals surface area contributed by atoms with E-state index in [0.29, 0.717) is 12.1 Å². The predicted octanol–water partition coefficient (Wildman–Crippen LogP) is 3.68. The smallest absolute Gasteiger partial charge is 0.248 e. The number of nitrogens with two attached hydrogens (primary N) is 1. The van der Waals surface area contributed by atoms with Crippen LogP contribution >= 0.6 is 27.3 Å². The lowest BCUT2D eigenvalue weighted by molar-refractivity contribution is 0.100. The lowest BCUT2D eigenvalue weighted by Gasteiger charge is -2.03. The molecule has 116 valence electrons. The van der Waals surface area contributed by atoms with Crippen molar-refractivity contribution in [2.24, 2.45) is 5.73 Å². The first-order valence-corrected chi connectivity index (χ1v) is 8.45. The van der Waals surface area contributed by atoms with Gasteiger partial charge in [-0.15, -0.1) is 10.2 Å². The third-order valence-corrected chi connectivity index (χ3v) is 4.66. The molecule has 0 aliphatic rings. The minimum absolute atomic E-state index is 0.423. The lowest BCUT2D eigenvalue weighted by Crippen LogP contribution is -2.10. The molecule has 7 heteroatoms. The molecule has 1 amide bonds. The first-order valence-electron chi connectivity index (χ1n) is 6.84. The molecule has 0 saturated heterocycles. The van der Waals surface area contributed by atoms with E-state index in [4.69, 9.17) is 5.73 Å². The molecule has 0 aliphatic heterocycles. The average molecular weight is 389 g/mol. The van der Waals surface area contributed by atoms with Crippen LogP contribution < -0.4 is 11.1 Å². The van der Waals surface area contributed by atoms with Gasteiger partial charge in [0, 0.05) is 22.1 Å². The number of nitrogens with zero attached hydrogens (tertiary/aromatic N) is 2. The van der Waals surface area contributed by atoms with Gasteiger partial charge in [0.05, 0.1) is 0 Å². The Bertz CT molecular complexity index is 815. The summed E-state index contributed by atoms with van der Waals surface area (Å²) in [5, 5.41) is 13.2. The number of carbonyl (C=O) groups is 1. The van der Waals surface area contributed by atoms with Crippen molar-refractivity contribution in [3.8, 4) is 10.6 Å². The summed E-state index contributed by atoms with van der Waals surface area (Å²) in [7, 11) is 0. The molecule has 1 aromatic heterocycles. The third kappa shape index (κ3) is 3.94. The molecule has 0 unspecified atom stereocenters. The van der Waals surface area contributed by atoms with Gasteiger partial charge in [-0.1, -0.05) is 51.5 Å². The summed E-state index contributed by atoms with van der Waals surface area (Å²) in [5.74, 6) is -0.423. The van der Waals surface area contributed by atoms with E-state index >= 15 is 0 Å². The molecule has 0 aliphatic carbocycles. The van der Waals surface area contributed by atoms with Gasteiger partial charge in [0.2, 0.25) is 11.0 Å². The summed E-state index contributed by atoms with van der Waals surface area (Å²) < 4.78 is 1.03. The largest absolute Gasteiger partial charge is 0.366 e. The quantitative estimate of drug-likeness (QED) is 0.698. The normalized spacial score (nSPS) is 10.5. The Morgan fingerprint density at radius 3 is 2.43 bits per heavy atom. The fourth-order valence-corrected chi connectivity index (χ4v) is 2.98. The van der Waals surface area contributed by atoms with Gasteiger partial charge in [-0.05, 0) is 29.8 Å². The van der Waals surface area contributed by atoms with E-state index in [9.17, 15) is 4.79 Å². The van der Waals surface area contributed by atoms with Gasteiger partial charge < -0.3 is 11.1 Å². The van der Waals surface area contributed by atoms with Crippen LogP contribution in [0.3, 0.4) is 0 Å². The van der Waals surface area contributed by atoms with Crippen molar-refractivity contribution in [1.29, 1.82) is 0 Å². The van der Waals surface area contributed by atoms with Crippen LogP contribution in [0.5, 0.6) is 0 Å². The molecule has 0 spiro atoms. The third-order valence-electron chi connectivity index (χ3n) is 3.20. The summed E-state index contributed by atoms with van der Waals surface area (Å²) >= 11 is 4.91. The number of carbonyl (C=O) groups excluding carboxylic acids is 1. The fourth-order valence-electron chi connectivity index (χ4n) is 1.97. The molecule has 0 fully saturated rings. The Hall–Kier alpha value is -2.25. The zero-order chi connectivity index (χ0) is 16.2. The Kier molecular flexibility index (Phi) is 4.68. The van der Waals surface area contributed by atoms with Crippen LogP contribution in [0, 0.1) is 0 Å². The summed E-state index contributed by atoms with van der Waals surface area (Å²) in [5.41, 5.74) is 7.79. The molecule has 3 rings (SSSR count). The highest BCUT2D eigenvalue weighted by Gasteiger charge is 2.06. The Balaban J connectivity index is 1.65. The summed E-state index contributed by atoms with van der Waals surface area (Å²) in [6.07, 6.45) is 0. The number of nitrogens with one attached hydrogen (secondary N) is 1. The SMILES string of the molecule is NC(=O)c1ccc(CNc2nnc(-c3ccc(Br)cc3)s2)cc1. The monoisotopic (exact) mass is 388 g/mol. The Labute approximate surface area is 145 Å². The highest BCUT2D eigenvalue weighted by Crippen LogP contribution is 2.27. The zero-order valence-corrected chi connectivity index (χ0v) is 14.4. The van der Waals surface area contributed by atoms with E-state index in [0.717, 1.165) is 25.7 Å². The molecule has 2 aromatic carbocycles. The number of amides is 1. The lowest BCUT2D eigenvalue weighted by atomic mass is 10.1. The van der Waals surface area contributed by atoms with Crippen LogP contribution in [0.25, 0.3) is 10.6 Å². The molecular weight excluding hydrogens is 376 g/mol. The van der Waals surface area contributed by atoms with Crippen LogP contribution in [-0.2, 0) is 6.54 Å². The highest BCUT2D eigenvalue weighted by atomic mass is 79.9. The van der Waals surface area contributed by atoms with E-state index < -0.39 is 5.91 Å². The Morgan fingerprint density at radius 2 is 1.78 bits per heavy atom. The van der Waals surface area contributed by atoms with Crippen molar-refractivity contribution < 1.29 is 4.79 Å². The first-order chi connectivity index (χ1) is 11.1. The first kappa shape index (κ1) is 15.6. The van der Waals surface area contributed by atoms with Crippen molar-refractivity contribution in [3.63, 3.8) is 0 Å². The van der Waals surface area contributed by atoms with Crippen LogP contribution in [0.1, 0.15) is 15.9 Å². The van der Waals surface area contributed by atoms with E-state index in [-0.39, 0.29) is 0 Å². The van der Waals surface area contributed by atoms with E-state index in [1.165, 1.54) is 11.3 Å². The molecule has 0 radical (unpaired) electrons. The number of rotatable bonds is 5. The highest BCUT2D eigenvalue weighted by molar-refractivity contribution is 9.10. The second kappa shape index (κ2) is 6.89. The van der Waals surface area contributed by atoms with Crippen molar-refractivity contribution in [2.75, 3.05) is 5.32 Å². The number of aromatic nitrogens is 2. The molecule has 1 heterocycles. The maximum atomic E-state index is 11.0. The van der Waals surface area contributed by atoms with Crippen LogP contribution in [-0.4, -0.2) is 16.1 Å². The number of benzene rings is 2. The molecule has 3 N–H and O–H groups in total. The van der Waals surface area contributed by atoms with Gasteiger partial charge in [-0.25, -0.2) is 0 Å². The summed E-state index contributed by atoms with van der Waals surface area (Å²) in [6.45, 7) is 0.605. The van der Waals surface area contributed by atoms with Crippen LogP contribution in [0.2, 0.25) is 0 Å². The topological polar surface area (TPSA) is 80.9 Å². The molecule has 0 saturated carbocycles. The van der Waals surface area contributed by atoms with Gasteiger partial charge >= 0.3 is 0 Å². The summed E-state index contributed by atoms with van der Waals surface area (Å²) in [4.78, 5) is 11.0. The van der Waals surface area contributed by atoms with Crippen molar-refractivity contribution >= 4 is 38.3 Å². The van der Waals surface area contributed by atoms with Crippen LogP contribution in [0.15, 0.2) is 53.0 Å². The van der Waals surface area contributed by atoms with E-state index in [1.54, 1.807) is 12.1 Å². The van der Waals surface area contributed by atoms with Gasteiger partial charge in [-0.3, -0.25) is 4.79 Å². The number of halogens is 1. The minimum atomic E-state index is -0.423. The maximum Gasteiger partial charge on any atom is 0.248 e. The van der Waals surface area contributed by atoms with Gasteiger partial charge in [0.15, 0.2) is 0 Å². The second-order valence-corrected chi connectivity index (χ2v) is 6.73. The van der Waals surface area contributed by atoms with Gasteiger partial charge in [0.25, 0.3) is 0 Å². The molecule has 0 atom stereocenters. The van der Waals surface area contributed by atoms with Crippen LogP contribution in [0.4, 0.5) is 5.13 Å². The zero-order valence-electron chi connectivity index (χ0n) is 12.0. The molecule has 0 bridgehead atoms. The summed E-state index contributed by atoms with van der Waals surface area (Å²) in [6, 6.07) is 15.1.